The highest BCUT2D eigenvalue weighted by atomic mass is 32.2. The van der Waals surface area contributed by atoms with Crippen LogP contribution in [0.4, 0.5) is 0 Å². The fraction of sp³-hybridized carbons (Fsp3) is 0.667. The van der Waals surface area contributed by atoms with Crippen molar-refractivity contribution >= 4 is 30.2 Å². The van der Waals surface area contributed by atoms with Crippen LogP contribution in [0, 0.1) is 6.92 Å². The molecule has 33 heavy (non-hydrogen) atoms. The fourth-order valence-electron chi connectivity index (χ4n) is 3.75. The van der Waals surface area contributed by atoms with Crippen molar-refractivity contribution < 1.29 is 22.4 Å². The van der Waals surface area contributed by atoms with Crippen LogP contribution in [-0.2, 0) is 24.0 Å². The minimum absolute atomic E-state index is 0.0194. The summed E-state index contributed by atoms with van der Waals surface area (Å²) in [5.74, 6) is -0.463. The smallest absolute Gasteiger partial charge is 0.267 e. The van der Waals surface area contributed by atoms with Crippen molar-refractivity contribution in [2.45, 2.75) is 96.4 Å². The van der Waals surface area contributed by atoms with Crippen molar-refractivity contribution in [2.75, 3.05) is 13.2 Å². The zero-order valence-electron chi connectivity index (χ0n) is 21.6. The second-order valence-corrected chi connectivity index (χ2v) is 17.2. The van der Waals surface area contributed by atoms with Crippen LogP contribution in [0.15, 0.2) is 23.1 Å². The first kappa shape index (κ1) is 27.5. The topological polar surface area (TPSA) is 84.0 Å². The van der Waals surface area contributed by atoms with Crippen molar-refractivity contribution in [3.63, 3.8) is 0 Å². The van der Waals surface area contributed by atoms with Gasteiger partial charge >= 0.3 is 0 Å². The summed E-state index contributed by atoms with van der Waals surface area (Å²) in [4.78, 5) is 26.8. The Morgan fingerprint density at radius 3 is 2.36 bits per heavy atom. The van der Waals surface area contributed by atoms with E-state index in [1.165, 1.54) is 0 Å². The van der Waals surface area contributed by atoms with E-state index >= 15 is 0 Å². The number of carbonyl (C=O) groups excluding carboxylic acids is 2. The number of likely N-dealkylation sites (tertiary alicyclic amines) is 1. The molecule has 0 unspecified atom stereocenters. The highest BCUT2D eigenvalue weighted by Crippen LogP contribution is 2.40. The van der Waals surface area contributed by atoms with Gasteiger partial charge in [-0.15, -0.1) is 0 Å². The molecule has 0 aliphatic carbocycles. The maximum atomic E-state index is 13.6. The lowest BCUT2D eigenvalue weighted by Crippen LogP contribution is -2.50. The molecule has 0 aromatic heterocycles. The summed E-state index contributed by atoms with van der Waals surface area (Å²) in [5, 5.41) is 0.0647. The highest BCUT2D eigenvalue weighted by Gasteiger charge is 2.42. The Balaban J connectivity index is 2.36. The maximum absolute atomic E-state index is 13.6. The zero-order chi connectivity index (χ0) is 25.4. The number of nitrogens with zero attached hydrogens (tertiary/aromatic N) is 2. The van der Waals surface area contributed by atoms with Gasteiger partial charge in [-0.05, 0) is 50.5 Å². The predicted molar refractivity (Wildman–Crippen MR) is 133 cm³/mol. The number of amides is 2. The Hall–Kier alpha value is -1.71. The molecular formula is C24H40N2O5SSi. The summed E-state index contributed by atoms with van der Waals surface area (Å²) in [7, 11) is -6.02. The van der Waals surface area contributed by atoms with Crippen molar-refractivity contribution in [1.29, 1.82) is 0 Å². The lowest BCUT2D eigenvalue weighted by molar-refractivity contribution is -0.147. The molecule has 0 spiro atoms. The average molecular weight is 497 g/mol. The Bertz CT molecular complexity index is 999. The molecule has 1 aromatic rings. The molecule has 186 valence electrons. The van der Waals surface area contributed by atoms with E-state index in [2.05, 4.69) is 33.9 Å². The van der Waals surface area contributed by atoms with Gasteiger partial charge in [-0.25, -0.2) is 12.7 Å². The number of carbonyl (C=O) groups is 2. The summed E-state index contributed by atoms with van der Waals surface area (Å²) >= 11 is 0. The average Bonchev–Trinajstić information content (AvgIpc) is 2.67. The molecule has 1 aliphatic rings. The summed E-state index contributed by atoms with van der Waals surface area (Å²) in [6.07, 6.45) is 0.340. The lowest BCUT2D eigenvalue weighted by Gasteiger charge is -2.43. The number of hydrogen-bond donors (Lipinski definition) is 0. The Morgan fingerprint density at radius 2 is 1.88 bits per heavy atom. The van der Waals surface area contributed by atoms with Crippen LogP contribution in [0.3, 0.4) is 0 Å². The van der Waals surface area contributed by atoms with E-state index < -0.39 is 30.3 Å². The summed E-state index contributed by atoms with van der Waals surface area (Å²) in [5.41, 5.74) is 1.47. The fourth-order valence-corrected chi connectivity index (χ4v) is 6.68. The third-order valence-electron chi connectivity index (χ3n) is 6.74. The van der Waals surface area contributed by atoms with Gasteiger partial charge in [-0.2, -0.15) is 0 Å². The van der Waals surface area contributed by atoms with E-state index in [0.717, 1.165) is 9.87 Å². The van der Waals surface area contributed by atoms with Crippen molar-refractivity contribution in [3.8, 4) is 0 Å². The number of hydrogen-bond acceptors (Lipinski definition) is 5. The predicted octanol–water partition coefficient (Wildman–Crippen LogP) is 4.63. The van der Waals surface area contributed by atoms with Crippen LogP contribution in [0.5, 0.6) is 0 Å². The lowest BCUT2D eigenvalue weighted by atomic mass is 9.93. The Labute approximate surface area is 200 Å². The van der Waals surface area contributed by atoms with Crippen LogP contribution >= 0.6 is 0 Å². The first-order valence-corrected chi connectivity index (χ1v) is 16.0. The molecule has 0 radical (unpaired) electrons. The maximum Gasteiger partial charge on any atom is 0.267 e. The number of rotatable bonds is 9. The molecule has 0 N–H and O–H groups in total. The second kappa shape index (κ2) is 9.88. The van der Waals surface area contributed by atoms with Gasteiger partial charge < -0.3 is 9.33 Å². The Kier molecular flexibility index (Phi) is 8.24. The minimum atomic E-state index is -4.06. The van der Waals surface area contributed by atoms with E-state index in [-0.39, 0.29) is 34.7 Å². The Morgan fingerprint density at radius 1 is 1.27 bits per heavy atom. The third-order valence-corrected chi connectivity index (χ3v) is 13.4. The second-order valence-electron chi connectivity index (χ2n) is 10.6. The summed E-state index contributed by atoms with van der Waals surface area (Å²) < 4.78 is 34.4. The van der Waals surface area contributed by atoms with Gasteiger partial charge in [0.25, 0.3) is 10.0 Å². The molecule has 1 fully saturated rings. The first-order chi connectivity index (χ1) is 15.0. The standard InChI is InChI=1S/C24H40N2O5SSi/c1-10-22(27)26(17(2)3)32(29,30)21-12-11-18(4)15-19(21)20-16-23(28)25(20)13-14-31-33(8,9)24(5,6)7/h11-12,15,17,20H,10,13-14,16H2,1-9H3/t20-/m1/s1. The number of aryl methyl sites for hydroxylation is 1. The molecule has 2 amide bonds. The van der Waals surface area contributed by atoms with Crippen LogP contribution < -0.4 is 0 Å². The van der Waals surface area contributed by atoms with Crippen LogP contribution in [0.2, 0.25) is 18.1 Å². The van der Waals surface area contributed by atoms with Crippen molar-refractivity contribution in [1.82, 2.24) is 9.21 Å². The van der Waals surface area contributed by atoms with E-state index in [4.69, 9.17) is 4.43 Å². The van der Waals surface area contributed by atoms with Crippen LogP contribution in [-0.4, -0.2) is 56.9 Å². The number of benzene rings is 1. The molecule has 1 saturated heterocycles. The molecule has 0 bridgehead atoms. The van der Waals surface area contributed by atoms with Gasteiger partial charge in [0.05, 0.1) is 24.0 Å². The van der Waals surface area contributed by atoms with Gasteiger partial charge in [0.15, 0.2) is 8.32 Å². The van der Waals surface area contributed by atoms with Crippen molar-refractivity contribution in [2.24, 2.45) is 0 Å². The molecule has 9 heteroatoms. The number of sulfonamides is 1. The van der Waals surface area contributed by atoms with Gasteiger partial charge in [0.2, 0.25) is 11.8 Å². The molecule has 1 atom stereocenters. The van der Waals surface area contributed by atoms with Gasteiger partial charge in [0.1, 0.15) is 0 Å². The summed E-state index contributed by atoms with van der Waals surface area (Å²) in [6, 6.07) is 4.26. The van der Waals surface area contributed by atoms with E-state index in [9.17, 15) is 18.0 Å². The molecule has 2 rings (SSSR count). The zero-order valence-corrected chi connectivity index (χ0v) is 23.4. The normalized spacial score (nSPS) is 17.3. The molecule has 1 aliphatic heterocycles. The summed E-state index contributed by atoms with van der Waals surface area (Å²) in [6.45, 7) is 18.6. The van der Waals surface area contributed by atoms with Crippen LogP contribution in [0.1, 0.15) is 71.6 Å². The van der Waals surface area contributed by atoms with E-state index in [0.29, 0.717) is 18.7 Å². The van der Waals surface area contributed by atoms with Gasteiger partial charge in [0, 0.05) is 19.0 Å². The van der Waals surface area contributed by atoms with Gasteiger partial charge in [-0.1, -0.05) is 45.4 Å². The molecule has 7 nitrogen and oxygen atoms in total. The van der Waals surface area contributed by atoms with Gasteiger partial charge in [-0.3, -0.25) is 9.59 Å². The SMILES string of the molecule is CCC(=O)N(C(C)C)S(=O)(=O)c1ccc(C)cc1[C@H]1CC(=O)N1CCO[Si](C)(C)C(C)(C)C. The minimum Gasteiger partial charge on any atom is -0.415 e. The highest BCUT2D eigenvalue weighted by molar-refractivity contribution is 7.89. The monoisotopic (exact) mass is 496 g/mol. The molecule has 1 aromatic carbocycles. The first-order valence-electron chi connectivity index (χ1n) is 11.7. The van der Waals surface area contributed by atoms with E-state index in [1.807, 2.05) is 13.0 Å². The molecular weight excluding hydrogens is 456 g/mol. The molecule has 0 saturated carbocycles. The quantitative estimate of drug-likeness (QED) is 0.368. The largest absolute Gasteiger partial charge is 0.415 e. The third kappa shape index (κ3) is 5.69. The molecule has 1 heterocycles. The van der Waals surface area contributed by atoms with E-state index in [1.54, 1.807) is 37.8 Å². The van der Waals surface area contributed by atoms with Crippen molar-refractivity contribution in [3.05, 3.63) is 29.3 Å². The van der Waals surface area contributed by atoms with Crippen LogP contribution in [0.25, 0.3) is 0 Å². The number of β-lactam (4-membered cyclic amide) rings is 1.